The van der Waals surface area contributed by atoms with Gasteiger partial charge in [0.2, 0.25) is 5.91 Å². The zero-order valence-corrected chi connectivity index (χ0v) is 9.67. The number of carbonyl (C=O) groups excluding carboxylic acids is 1. The maximum absolute atomic E-state index is 11.4. The van der Waals surface area contributed by atoms with Gasteiger partial charge in [0.1, 0.15) is 12.7 Å². The molecule has 0 aliphatic heterocycles. The lowest BCUT2D eigenvalue weighted by Crippen LogP contribution is -2.29. The van der Waals surface area contributed by atoms with Gasteiger partial charge in [-0.1, -0.05) is 6.92 Å². The lowest BCUT2D eigenvalue weighted by molar-refractivity contribution is -0.138. The second kappa shape index (κ2) is 6.62. The highest BCUT2D eigenvalue weighted by Crippen LogP contribution is 1.99. The van der Waals surface area contributed by atoms with E-state index in [0.717, 1.165) is 0 Å². The molecule has 1 rings (SSSR count). The van der Waals surface area contributed by atoms with E-state index in [1.807, 2.05) is 0 Å². The molecular weight excluding hydrogens is 224 g/mol. The van der Waals surface area contributed by atoms with Crippen molar-refractivity contribution in [1.29, 1.82) is 0 Å². The summed E-state index contributed by atoms with van der Waals surface area (Å²) >= 11 is 0. The monoisotopic (exact) mass is 240 g/mol. The van der Waals surface area contributed by atoms with E-state index in [9.17, 15) is 9.59 Å². The normalized spacial score (nSPS) is 12.1. The van der Waals surface area contributed by atoms with Crippen LogP contribution in [-0.2, 0) is 16.1 Å². The molecule has 1 amide bonds. The van der Waals surface area contributed by atoms with Crippen LogP contribution in [0, 0.1) is 5.92 Å². The summed E-state index contributed by atoms with van der Waals surface area (Å²) in [7, 11) is 0. The Morgan fingerprint density at radius 3 is 2.88 bits per heavy atom. The minimum Gasteiger partial charge on any atom is -0.481 e. The summed E-state index contributed by atoms with van der Waals surface area (Å²) < 4.78 is 1.57. The highest BCUT2D eigenvalue weighted by Gasteiger charge is 2.09. The van der Waals surface area contributed by atoms with Crippen molar-refractivity contribution in [2.24, 2.45) is 5.92 Å². The number of nitrogens with one attached hydrogen (secondary N) is 1. The largest absolute Gasteiger partial charge is 0.481 e. The first-order valence-electron chi connectivity index (χ1n) is 5.39. The van der Waals surface area contributed by atoms with Crippen LogP contribution in [0.2, 0.25) is 0 Å². The maximum atomic E-state index is 11.4. The second-order valence-corrected chi connectivity index (χ2v) is 3.92. The van der Waals surface area contributed by atoms with E-state index in [2.05, 4.69) is 15.4 Å². The first-order valence-corrected chi connectivity index (χ1v) is 5.39. The Morgan fingerprint density at radius 2 is 2.29 bits per heavy atom. The Hall–Kier alpha value is -1.92. The molecule has 0 radical (unpaired) electrons. The number of rotatable bonds is 7. The summed E-state index contributed by atoms with van der Waals surface area (Å²) in [6.07, 6.45) is 3.32. The SMILES string of the molecule is CC(CNC(=O)CCn1cncn1)CC(=O)O. The van der Waals surface area contributed by atoms with E-state index in [1.165, 1.54) is 6.33 Å². The molecule has 7 nitrogen and oxygen atoms in total. The van der Waals surface area contributed by atoms with Gasteiger partial charge in [-0.05, 0) is 5.92 Å². The molecule has 1 atom stereocenters. The average Bonchev–Trinajstić information content (AvgIpc) is 2.75. The van der Waals surface area contributed by atoms with Gasteiger partial charge in [-0.15, -0.1) is 0 Å². The fourth-order valence-electron chi connectivity index (χ4n) is 1.31. The van der Waals surface area contributed by atoms with Crippen LogP contribution in [0.25, 0.3) is 0 Å². The molecule has 1 heterocycles. The minimum absolute atomic E-state index is 0.0589. The van der Waals surface area contributed by atoms with Gasteiger partial charge in [0.15, 0.2) is 0 Å². The topological polar surface area (TPSA) is 97.1 Å². The first-order chi connectivity index (χ1) is 8.08. The molecule has 1 aromatic heterocycles. The molecule has 0 spiro atoms. The van der Waals surface area contributed by atoms with Gasteiger partial charge < -0.3 is 10.4 Å². The van der Waals surface area contributed by atoms with Crippen LogP contribution < -0.4 is 5.32 Å². The number of carboxylic acids is 1. The van der Waals surface area contributed by atoms with E-state index in [-0.39, 0.29) is 18.2 Å². The number of aromatic nitrogens is 3. The predicted octanol–water partition coefficient (Wildman–Crippen LogP) is -0.105. The predicted molar refractivity (Wildman–Crippen MR) is 59.1 cm³/mol. The standard InChI is InChI=1S/C10H16N4O3/c1-8(4-10(16)17)5-12-9(15)2-3-14-7-11-6-13-14/h6-8H,2-5H2,1H3,(H,12,15)(H,16,17). The second-order valence-electron chi connectivity index (χ2n) is 3.92. The number of carbonyl (C=O) groups is 2. The summed E-state index contributed by atoms with van der Waals surface area (Å²) in [5.74, 6) is -1.03. The Morgan fingerprint density at radius 1 is 1.53 bits per heavy atom. The first kappa shape index (κ1) is 13.1. The summed E-state index contributed by atoms with van der Waals surface area (Å²) in [6.45, 7) is 2.63. The minimum atomic E-state index is -0.852. The molecule has 1 aromatic rings. The van der Waals surface area contributed by atoms with Crippen LogP contribution in [-0.4, -0.2) is 38.3 Å². The highest BCUT2D eigenvalue weighted by molar-refractivity contribution is 5.75. The zero-order chi connectivity index (χ0) is 12.7. The van der Waals surface area contributed by atoms with Crippen LogP contribution in [0.5, 0.6) is 0 Å². The molecule has 0 aliphatic carbocycles. The lowest BCUT2D eigenvalue weighted by Gasteiger charge is -2.10. The Bertz CT molecular complexity index is 364. The number of hydrogen-bond donors (Lipinski definition) is 2. The number of nitrogens with zero attached hydrogens (tertiary/aromatic N) is 3. The molecule has 0 fully saturated rings. The van der Waals surface area contributed by atoms with E-state index in [0.29, 0.717) is 19.5 Å². The fraction of sp³-hybridized carbons (Fsp3) is 0.600. The Labute approximate surface area is 98.8 Å². The molecule has 2 N–H and O–H groups in total. The van der Waals surface area contributed by atoms with Crippen molar-refractivity contribution >= 4 is 11.9 Å². The lowest BCUT2D eigenvalue weighted by atomic mass is 10.1. The van der Waals surface area contributed by atoms with Gasteiger partial charge in [0.25, 0.3) is 0 Å². The third-order valence-corrected chi connectivity index (χ3v) is 2.21. The molecule has 17 heavy (non-hydrogen) atoms. The number of amides is 1. The molecule has 0 aromatic carbocycles. The van der Waals surface area contributed by atoms with Crippen molar-refractivity contribution in [1.82, 2.24) is 20.1 Å². The third kappa shape index (κ3) is 5.64. The van der Waals surface area contributed by atoms with E-state index < -0.39 is 5.97 Å². The van der Waals surface area contributed by atoms with E-state index >= 15 is 0 Å². The molecule has 94 valence electrons. The van der Waals surface area contributed by atoms with Crippen molar-refractivity contribution < 1.29 is 14.7 Å². The van der Waals surface area contributed by atoms with Gasteiger partial charge in [-0.25, -0.2) is 4.98 Å². The van der Waals surface area contributed by atoms with E-state index in [1.54, 1.807) is 17.9 Å². The number of aryl methyl sites for hydroxylation is 1. The van der Waals surface area contributed by atoms with Crippen molar-refractivity contribution in [3.8, 4) is 0 Å². The molecule has 0 bridgehead atoms. The molecule has 7 heteroatoms. The third-order valence-electron chi connectivity index (χ3n) is 2.21. The average molecular weight is 240 g/mol. The summed E-state index contributed by atoms with van der Waals surface area (Å²) in [5.41, 5.74) is 0. The molecular formula is C10H16N4O3. The Balaban J connectivity index is 2.15. The van der Waals surface area contributed by atoms with Gasteiger partial charge in [-0.3, -0.25) is 14.3 Å². The van der Waals surface area contributed by atoms with Crippen molar-refractivity contribution in [2.45, 2.75) is 26.3 Å². The van der Waals surface area contributed by atoms with Gasteiger partial charge >= 0.3 is 5.97 Å². The number of hydrogen-bond acceptors (Lipinski definition) is 4. The highest BCUT2D eigenvalue weighted by atomic mass is 16.4. The van der Waals surface area contributed by atoms with Crippen LogP contribution in [0.3, 0.4) is 0 Å². The smallest absolute Gasteiger partial charge is 0.303 e. The zero-order valence-electron chi connectivity index (χ0n) is 9.67. The van der Waals surface area contributed by atoms with Crippen LogP contribution in [0.15, 0.2) is 12.7 Å². The van der Waals surface area contributed by atoms with Crippen molar-refractivity contribution in [3.63, 3.8) is 0 Å². The quantitative estimate of drug-likeness (QED) is 0.693. The van der Waals surface area contributed by atoms with Crippen molar-refractivity contribution in [3.05, 3.63) is 12.7 Å². The molecule has 1 unspecified atom stereocenters. The van der Waals surface area contributed by atoms with Gasteiger partial charge in [0, 0.05) is 19.4 Å². The van der Waals surface area contributed by atoms with Gasteiger partial charge in [0.05, 0.1) is 6.54 Å². The summed E-state index contributed by atoms with van der Waals surface area (Å²) in [5, 5.41) is 15.1. The van der Waals surface area contributed by atoms with E-state index in [4.69, 9.17) is 5.11 Å². The maximum Gasteiger partial charge on any atom is 0.303 e. The van der Waals surface area contributed by atoms with Crippen LogP contribution in [0.4, 0.5) is 0 Å². The summed E-state index contributed by atoms with van der Waals surface area (Å²) in [4.78, 5) is 25.6. The number of carboxylic acid groups (broad SMARTS) is 1. The van der Waals surface area contributed by atoms with Crippen molar-refractivity contribution in [2.75, 3.05) is 6.54 Å². The molecule has 0 aliphatic rings. The van der Waals surface area contributed by atoms with Crippen LogP contribution >= 0.6 is 0 Å². The summed E-state index contributed by atoms with van der Waals surface area (Å²) in [6, 6.07) is 0. The molecule has 0 saturated heterocycles. The van der Waals surface area contributed by atoms with Gasteiger partial charge in [-0.2, -0.15) is 5.10 Å². The fourth-order valence-corrected chi connectivity index (χ4v) is 1.31. The number of aliphatic carboxylic acids is 1. The van der Waals surface area contributed by atoms with Crippen LogP contribution in [0.1, 0.15) is 19.8 Å². The molecule has 0 saturated carbocycles. The Kier molecular flexibility index (Phi) is 5.12.